The van der Waals surface area contributed by atoms with Crippen LogP contribution in [0, 0.1) is 6.92 Å². The molecule has 2 aromatic heterocycles. The van der Waals surface area contributed by atoms with Gasteiger partial charge in [-0.05, 0) is 54.4 Å². The van der Waals surface area contributed by atoms with Gasteiger partial charge < -0.3 is 15.8 Å². The highest BCUT2D eigenvalue weighted by atomic mass is 79.9. The highest BCUT2D eigenvalue weighted by Gasteiger charge is 2.28. The first-order valence-corrected chi connectivity index (χ1v) is 9.76. The molecule has 28 heavy (non-hydrogen) atoms. The van der Waals surface area contributed by atoms with Crippen LogP contribution in [0.25, 0.3) is 5.65 Å². The number of hydrogen-bond donors (Lipinski definition) is 2. The molecule has 148 valence electrons. The van der Waals surface area contributed by atoms with Gasteiger partial charge in [0.05, 0.1) is 18.8 Å². The molecule has 3 rings (SSSR count). The van der Waals surface area contributed by atoms with Gasteiger partial charge in [0.2, 0.25) is 5.91 Å². The van der Waals surface area contributed by atoms with Crippen LogP contribution in [0.4, 0.5) is 0 Å². The summed E-state index contributed by atoms with van der Waals surface area (Å²) in [6.45, 7) is 6.02. The number of carbonyl (C=O) groups excluding carboxylic acids is 1. The van der Waals surface area contributed by atoms with Crippen LogP contribution < -0.4 is 11.1 Å². The molecule has 0 fully saturated rings. The van der Waals surface area contributed by atoms with Gasteiger partial charge in [0.1, 0.15) is 6.04 Å². The lowest BCUT2D eigenvalue weighted by Gasteiger charge is -2.23. The SMILES string of the molecule is Cc1cccc(COC[C@@H](NC(=O)C(C)(C)N)c2nnc3ccc(Br)cn23)c1. The smallest absolute Gasteiger partial charge is 0.240 e. The molecule has 8 heteroatoms. The zero-order valence-corrected chi connectivity index (χ0v) is 17.7. The number of benzene rings is 1. The van der Waals surface area contributed by atoms with Crippen molar-refractivity contribution in [3.05, 3.63) is 64.0 Å². The number of nitrogens with one attached hydrogen (secondary N) is 1. The van der Waals surface area contributed by atoms with E-state index in [-0.39, 0.29) is 12.5 Å². The lowest BCUT2D eigenvalue weighted by molar-refractivity contribution is -0.126. The fraction of sp³-hybridized carbons (Fsp3) is 0.350. The van der Waals surface area contributed by atoms with Crippen molar-refractivity contribution in [2.75, 3.05) is 6.61 Å². The van der Waals surface area contributed by atoms with Gasteiger partial charge in [0.15, 0.2) is 11.5 Å². The van der Waals surface area contributed by atoms with Gasteiger partial charge in [-0.1, -0.05) is 29.8 Å². The first-order valence-electron chi connectivity index (χ1n) is 8.97. The number of halogens is 1. The third-order valence-corrected chi connectivity index (χ3v) is 4.70. The second kappa shape index (κ2) is 8.38. The number of pyridine rings is 1. The summed E-state index contributed by atoms with van der Waals surface area (Å²) in [4.78, 5) is 12.5. The number of rotatable bonds is 7. The van der Waals surface area contributed by atoms with Crippen molar-refractivity contribution in [2.45, 2.75) is 39.0 Å². The summed E-state index contributed by atoms with van der Waals surface area (Å²) in [5.74, 6) is 0.293. The number of amides is 1. The summed E-state index contributed by atoms with van der Waals surface area (Å²) in [7, 11) is 0. The normalized spacial score (nSPS) is 12.9. The third kappa shape index (κ3) is 4.95. The number of ether oxygens (including phenoxy) is 1. The quantitative estimate of drug-likeness (QED) is 0.582. The molecule has 2 heterocycles. The molecule has 7 nitrogen and oxygen atoms in total. The second-order valence-corrected chi connectivity index (χ2v) is 8.30. The Balaban J connectivity index is 1.82. The van der Waals surface area contributed by atoms with Gasteiger partial charge in [0, 0.05) is 10.7 Å². The third-order valence-electron chi connectivity index (χ3n) is 4.23. The van der Waals surface area contributed by atoms with Crippen molar-refractivity contribution in [3.63, 3.8) is 0 Å². The molecule has 3 aromatic rings. The summed E-state index contributed by atoms with van der Waals surface area (Å²) in [5.41, 5.74) is 7.85. The number of aromatic nitrogens is 3. The molecule has 0 aliphatic carbocycles. The molecule has 3 N–H and O–H groups in total. The Morgan fingerprint density at radius 1 is 1.32 bits per heavy atom. The Kier molecular flexibility index (Phi) is 6.12. The molecule has 0 unspecified atom stereocenters. The summed E-state index contributed by atoms with van der Waals surface area (Å²) in [5, 5.41) is 11.4. The van der Waals surface area contributed by atoms with E-state index in [0.29, 0.717) is 18.1 Å². The van der Waals surface area contributed by atoms with Crippen LogP contribution in [0.5, 0.6) is 0 Å². The van der Waals surface area contributed by atoms with Gasteiger partial charge in [-0.15, -0.1) is 10.2 Å². The predicted octanol–water partition coefficient (Wildman–Crippen LogP) is 2.91. The van der Waals surface area contributed by atoms with Gasteiger partial charge in [-0.25, -0.2) is 0 Å². The maximum absolute atomic E-state index is 12.5. The number of hydrogen-bond acceptors (Lipinski definition) is 5. The fourth-order valence-electron chi connectivity index (χ4n) is 2.74. The standard InChI is InChI=1S/C20H24BrN5O2/c1-13-5-4-6-14(9-13)11-28-12-16(23-19(27)20(2,3)22)18-25-24-17-8-7-15(21)10-26(17)18/h4-10,16H,11-12,22H2,1-3H3,(H,23,27)/t16-/m1/s1. The number of nitrogens with two attached hydrogens (primary N) is 1. The predicted molar refractivity (Wildman–Crippen MR) is 111 cm³/mol. The summed E-state index contributed by atoms with van der Waals surface area (Å²) < 4.78 is 8.61. The summed E-state index contributed by atoms with van der Waals surface area (Å²) >= 11 is 3.46. The largest absolute Gasteiger partial charge is 0.374 e. The van der Waals surface area contributed by atoms with Crippen LogP contribution in [0.3, 0.4) is 0 Å². The van der Waals surface area contributed by atoms with E-state index in [1.807, 2.05) is 47.9 Å². The van der Waals surface area contributed by atoms with E-state index in [1.165, 1.54) is 5.56 Å². The molecular weight excluding hydrogens is 422 g/mol. The first-order chi connectivity index (χ1) is 13.2. The molecular formula is C20H24BrN5O2. The van der Waals surface area contributed by atoms with Crippen molar-refractivity contribution in [3.8, 4) is 0 Å². The Morgan fingerprint density at radius 2 is 2.11 bits per heavy atom. The van der Waals surface area contributed by atoms with Crippen molar-refractivity contribution in [1.29, 1.82) is 0 Å². The van der Waals surface area contributed by atoms with Gasteiger partial charge in [-0.3, -0.25) is 9.20 Å². The van der Waals surface area contributed by atoms with Gasteiger partial charge in [-0.2, -0.15) is 0 Å². The highest BCUT2D eigenvalue weighted by molar-refractivity contribution is 9.10. The van der Waals surface area contributed by atoms with Crippen LogP contribution >= 0.6 is 15.9 Å². The molecule has 0 saturated heterocycles. The molecule has 0 bridgehead atoms. The Bertz CT molecular complexity index is 980. The lowest BCUT2D eigenvalue weighted by Crippen LogP contribution is -2.50. The van der Waals surface area contributed by atoms with E-state index < -0.39 is 11.6 Å². The molecule has 0 saturated carbocycles. The minimum atomic E-state index is -1.02. The fourth-order valence-corrected chi connectivity index (χ4v) is 3.08. The molecule has 1 atom stereocenters. The Hall–Kier alpha value is -2.29. The van der Waals surface area contributed by atoms with Crippen LogP contribution in [0.2, 0.25) is 0 Å². The number of carbonyl (C=O) groups is 1. The molecule has 1 aromatic carbocycles. The number of nitrogens with zero attached hydrogens (tertiary/aromatic N) is 3. The maximum atomic E-state index is 12.5. The Labute approximate surface area is 172 Å². The van der Waals surface area contributed by atoms with E-state index in [0.717, 1.165) is 10.0 Å². The van der Waals surface area contributed by atoms with Gasteiger partial charge in [0.25, 0.3) is 0 Å². The van der Waals surface area contributed by atoms with Crippen LogP contribution in [0.15, 0.2) is 47.1 Å². The van der Waals surface area contributed by atoms with Crippen LogP contribution in [-0.2, 0) is 16.1 Å². The molecule has 0 radical (unpaired) electrons. The minimum absolute atomic E-state index is 0.239. The lowest BCUT2D eigenvalue weighted by atomic mass is 10.1. The number of aryl methyl sites for hydroxylation is 1. The highest BCUT2D eigenvalue weighted by Crippen LogP contribution is 2.18. The number of fused-ring (bicyclic) bond motifs is 1. The maximum Gasteiger partial charge on any atom is 0.240 e. The zero-order valence-electron chi connectivity index (χ0n) is 16.1. The summed E-state index contributed by atoms with van der Waals surface area (Å²) in [6.07, 6.45) is 1.86. The molecule has 0 spiro atoms. The van der Waals surface area contributed by atoms with Crippen molar-refractivity contribution >= 4 is 27.5 Å². The van der Waals surface area contributed by atoms with E-state index in [9.17, 15) is 4.79 Å². The molecule has 0 aliphatic rings. The first kappa shape index (κ1) is 20.4. The van der Waals surface area contributed by atoms with Gasteiger partial charge >= 0.3 is 0 Å². The van der Waals surface area contributed by atoms with Crippen molar-refractivity contribution < 1.29 is 9.53 Å². The van der Waals surface area contributed by atoms with E-state index in [1.54, 1.807) is 13.8 Å². The zero-order chi connectivity index (χ0) is 20.3. The monoisotopic (exact) mass is 445 g/mol. The van der Waals surface area contributed by atoms with Crippen molar-refractivity contribution in [2.24, 2.45) is 5.73 Å². The van der Waals surface area contributed by atoms with E-state index in [4.69, 9.17) is 10.5 Å². The minimum Gasteiger partial charge on any atom is -0.374 e. The molecule has 0 aliphatic heterocycles. The van der Waals surface area contributed by atoms with E-state index >= 15 is 0 Å². The Morgan fingerprint density at radius 3 is 2.82 bits per heavy atom. The van der Waals surface area contributed by atoms with Crippen molar-refractivity contribution in [1.82, 2.24) is 19.9 Å². The van der Waals surface area contributed by atoms with Crippen LogP contribution in [0.1, 0.15) is 36.8 Å². The average molecular weight is 446 g/mol. The summed E-state index contributed by atoms with van der Waals surface area (Å²) in [6, 6.07) is 11.3. The second-order valence-electron chi connectivity index (χ2n) is 7.39. The topological polar surface area (TPSA) is 94.5 Å². The molecule has 1 amide bonds. The van der Waals surface area contributed by atoms with E-state index in [2.05, 4.69) is 37.5 Å². The average Bonchev–Trinajstić information content (AvgIpc) is 3.03. The van der Waals surface area contributed by atoms with Crippen LogP contribution in [-0.4, -0.2) is 32.7 Å².